The molecule has 0 spiro atoms. The SMILES string of the molecule is C[C@@H](OC(=O)c1cccc(I)c1)C(N)=O. The van der Waals surface area contributed by atoms with E-state index in [1.165, 1.54) is 6.92 Å². The minimum atomic E-state index is -0.907. The van der Waals surface area contributed by atoms with E-state index in [4.69, 9.17) is 10.5 Å². The van der Waals surface area contributed by atoms with E-state index in [-0.39, 0.29) is 0 Å². The maximum Gasteiger partial charge on any atom is 0.338 e. The second kappa shape index (κ2) is 5.11. The van der Waals surface area contributed by atoms with Crippen molar-refractivity contribution in [3.05, 3.63) is 33.4 Å². The third-order valence-corrected chi connectivity index (χ3v) is 2.42. The average molecular weight is 319 g/mol. The van der Waals surface area contributed by atoms with Crippen molar-refractivity contribution in [3.63, 3.8) is 0 Å². The lowest BCUT2D eigenvalue weighted by atomic mass is 10.2. The molecule has 1 amide bonds. The van der Waals surface area contributed by atoms with Crippen LogP contribution in [0.15, 0.2) is 24.3 Å². The van der Waals surface area contributed by atoms with E-state index in [0.717, 1.165) is 3.57 Å². The predicted octanol–water partition coefficient (Wildman–Crippen LogP) is 1.32. The van der Waals surface area contributed by atoms with Crippen LogP contribution in [0.25, 0.3) is 0 Å². The van der Waals surface area contributed by atoms with Gasteiger partial charge in [0.1, 0.15) is 0 Å². The van der Waals surface area contributed by atoms with E-state index >= 15 is 0 Å². The van der Waals surface area contributed by atoms with E-state index in [2.05, 4.69) is 22.6 Å². The molecule has 0 aliphatic heterocycles. The number of primary amides is 1. The number of rotatable bonds is 3. The highest BCUT2D eigenvalue weighted by Crippen LogP contribution is 2.09. The fourth-order valence-corrected chi connectivity index (χ4v) is 1.45. The Bertz CT molecular complexity index is 392. The molecule has 0 heterocycles. The molecule has 2 N–H and O–H groups in total. The average Bonchev–Trinajstić information content (AvgIpc) is 2.17. The Hall–Kier alpha value is -1.11. The van der Waals surface area contributed by atoms with Gasteiger partial charge in [-0.3, -0.25) is 4.79 Å². The first-order valence-electron chi connectivity index (χ1n) is 4.26. The zero-order valence-corrected chi connectivity index (χ0v) is 10.2. The Kier molecular flexibility index (Phi) is 4.07. The Morgan fingerprint density at radius 3 is 2.67 bits per heavy atom. The van der Waals surface area contributed by atoms with E-state index in [1.807, 2.05) is 6.07 Å². The van der Waals surface area contributed by atoms with Gasteiger partial charge in [-0.15, -0.1) is 0 Å². The van der Waals surface area contributed by atoms with Gasteiger partial charge < -0.3 is 10.5 Å². The number of halogens is 1. The molecule has 0 bridgehead atoms. The van der Waals surface area contributed by atoms with Gasteiger partial charge in [-0.25, -0.2) is 4.79 Å². The van der Waals surface area contributed by atoms with E-state index < -0.39 is 18.0 Å². The molecule has 0 saturated carbocycles. The summed E-state index contributed by atoms with van der Waals surface area (Å²) in [5.74, 6) is -1.20. The Morgan fingerprint density at radius 1 is 1.47 bits per heavy atom. The summed E-state index contributed by atoms with van der Waals surface area (Å²) in [6.07, 6.45) is -0.907. The molecule has 0 unspecified atom stereocenters. The summed E-state index contributed by atoms with van der Waals surface area (Å²) in [5.41, 5.74) is 5.39. The minimum Gasteiger partial charge on any atom is -0.449 e. The summed E-state index contributed by atoms with van der Waals surface area (Å²) in [7, 11) is 0. The van der Waals surface area contributed by atoms with Gasteiger partial charge in [0.05, 0.1) is 5.56 Å². The van der Waals surface area contributed by atoms with Gasteiger partial charge in [0.15, 0.2) is 6.10 Å². The standard InChI is InChI=1S/C10H10INO3/c1-6(9(12)13)15-10(14)7-3-2-4-8(11)5-7/h2-6H,1H3,(H2,12,13)/t6-/m1/s1. The number of carbonyl (C=O) groups excluding carboxylic acids is 2. The summed E-state index contributed by atoms with van der Waals surface area (Å²) in [6.45, 7) is 1.44. The van der Waals surface area contributed by atoms with Crippen LogP contribution in [0.2, 0.25) is 0 Å². The second-order valence-corrected chi connectivity index (χ2v) is 4.21. The van der Waals surface area contributed by atoms with Gasteiger partial charge in [0.25, 0.3) is 5.91 Å². The quantitative estimate of drug-likeness (QED) is 0.675. The maximum atomic E-state index is 11.5. The van der Waals surface area contributed by atoms with Crippen LogP contribution in [0, 0.1) is 3.57 Å². The number of hydrogen-bond donors (Lipinski definition) is 1. The minimum absolute atomic E-state index is 0.412. The summed E-state index contributed by atoms with van der Waals surface area (Å²) < 4.78 is 5.76. The first-order valence-corrected chi connectivity index (χ1v) is 5.34. The smallest absolute Gasteiger partial charge is 0.338 e. The first kappa shape index (κ1) is 12.0. The third-order valence-electron chi connectivity index (χ3n) is 1.74. The molecular weight excluding hydrogens is 309 g/mol. The molecular formula is C10H10INO3. The van der Waals surface area contributed by atoms with Crippen LogP contribution in [0.1, 0.15) is 17.3 Å². The van der Waals surface area contributed by atoms with Crippen LogP contribution < -0.4 is 5.73 Å². The number of nitrogens with two attached hydrogens (primary N) is 1. The fraction of sp³-hybridized carbons (Fsp3) is 0.200. The molecule has 0 aromatic heterocycles. The largest absolute Gasteiger partial charge is 0.449 e. The van der Waals surface area contributed by atoms with Crippen molar-refractivity contribution in [1.82, 2.24) is 0 Å². The van der Waals surface area contributed by atoms with Crippen molar-refractivity contribution >= 4 is 34.5 Å². The Labute approximate surface area is 101 Å². The molecule has 0 radical (unpaired) electrons. The van der Waals surface area contributed by atoms with Gasteiger partial charge in [0.2, 0.25) is 0 Å². The number of ether oxygens (including phenoxy) is 1. The summed E-state index contributed by atoms with van der Waals surface area (Å²) >= 11 is 2.09. The first-order chi connectivity index (χ1) is 7.00. The van der Waals surface area contributed by atoms with Crippen LogP contribution in [0.3, 0.4) is 0 Å². The van der Waals surface area contributed by atoms with E-state index in [1.54, 1.807) is 18.2 Å². The van der Waals surface area contributed by atoms with Gasteiger partial charge >= 0.3 is 5.97 Å². The third kappa shape index (κ3) is 3.50. The second-order valence-electron chi connectivity index (χ2n) is 2.96. The molecule has 1 rings (SSSR count). The summed E-state index contributed by atoms with van der Waals surface area (Å²) in [5, 5.41) is 0. The summed E-state index contributed by atoms with van der Waals surface area (Å²) in [4.78, 5) is 22.2. The topological polar surface area (TPSA) is 69.4 Å². The van der Waals surface area contributed by atoms with Gasteiger partial charge in [0, 0.05) is 3.57 Å². The highest BCUT2D eigenvalue weighted by molar-refractivity contribution is 14.1. The molecule has 0 saturated heterocycles. The highest BCUT2D eigenvalue weighted by atomic mass is 127. The Morgan fingerprint density at radius 2 is 2.13 bits per heavy atom. The van der Waals surface area contributed by atoms with Crippen molar-refractivity contribution < 1.29 is 14.3 Å². The van der Waals surface area contributed by atoms with Crippen molar-refractivity contribution in [2.75, 3.05) is 0 Å². The number of hydrogen-bond acceptors (Lipinski definition) is 3. The maximum absolute atomic E-state index is 11.5. The molecule has 0 aliphatic carbocycles. The lowest BCUT2D eigenvalue weighted by molar-refractivity contribution is -0.125. The molecule has 4 nitrogen and oxygen atoms in total. The zero-order chi connectivity index (χ0) is 11.4. The van der Waals surface area contributed by atoms with Crippen molar-refractivity contribution in [2.24, 2.45) is 5.73 Å². The normalized spacial score (nSPS) is 11.9. The molecule has 0 fully saturated rings. The van der Waals surface area contributed by atoms with Crippen LogP contribution in [0.4, 0.5) is 0 Å². The predicted molar refractivity (Wildman–Crippen MR) is 63.2 cm³/mol. The molecule has 1 aromatic rings. The lowest BCUT2D eigenvalue weighted by Crippen LogP contribution is -2.30. The Balaban J connectivity index is 2.73. The van der Waals surface area contributed by atoms with E-state index in [9.17, 15) is 9.59 Å². The molecule has 5 heteroatoms. The van der Waals surface area contributed by atoms with Gasteiger partial charge in [-0.1, -0.05) is 6.07 Å². The fourth-order valence-electron chi connectivity index (χ4n) is 0.902. The number of esters is 1. The summed E-state index contributed by atoms with van der Waals surface area (Å²) in [6, 6.07) is 6.90. The molecule has 0 aliphatic rings. The van der Waals surface area contributed by atoms with E-state index in [0.29, 0.717) is 5.56 Å². The monoisotopic (exact) mass is 319 g/mol. The van der Waals surface area contributed by atoms with Gasteiger partial charge in [-0.2, -0.15) is 0 Å². The number of benzene rings is 1. The van der Waals surface area contributed by atoms with Crippen molar-refractivity contribution in [3.8, 4) is 0 Å². The van der Waals surface area contributed by atoms with Crippen LogP contribution >= 0.6 is 22.6 Å². The zero-order valence-electron chi connectivity index (χ0n) is 8.07. The van der Waals surface area contributed by atoms with Crippen molar-refractivity contribution in [2.45, 2.75) is 13.0 Å². The van der Waals surface area contributed by atoms with Crippen LogP contribution in [0.5, 0.6) is 0 Å². The molecule has 1 atom stereocenters. The number of carbonyl (C=O) groups is 2. The van der Waals surface area contributed by atoms with Crippen molar-refractivity contribution in [1.29, 1.82) is 0 Å². The molecule has 80 valence electrons. The van der Waals surface area contributed by atoms with Gasteiger partial charge in [-0.05, 0) is 47.7 Å². The molecule has 15 heavy (non-hydrogen) atoms. The molecule has 1 aromatic carbocycles. The lowest BCUT2D eigenvalue weighted by Gasteiger charge is -2.09. The van der Waals surface area contributed by atoms with Crippen LogP contribution in [-0.2, 0) is 9.53 Å². The van der Waals surface area contributed by atoms with Crippen LogP contribution in [-0.4, -0.2) is 18.0 Å². The highest BCUT2D eigenvalue weighted by Gasteiger charge is 2.15. The number of amides is 1.